The Labute approximate surface area is 127 Å². The van der Waals surface area contributed by atoms with E-state index in [1.165, 1.54) is 18.2 Å². The zero-order chi connectivity index (χ0) is 14.0. The van der Waals surface area contributed by atoms with Crippen LogP contribution in [0.4, 0.5) is 10.1 Å². The zero-order valence-electron chi connectivity index (χ0n) is 10.0. The highest BCUT2D eigenvalue weighted by Crippen LogP contribution is 2.22. The molecule has 2 nitrogen and oxygen atoms in total. The van der Waals surface area contributed by atoms with Gasteiger partial charge in [-0.05, 0) is 58.7 Å². The van der Waals surface area contributed by atoms with Crippen LogP contribution in [0.5, 0.6) is 0 Å². The van der Waals surface area contributed by atoms with E-state index in [1.54, 1.807) is 12.1 Å². The third-order valence-electron chi connectivity index (χ3n) is 2.61. The lowest BCUT2D eigenvalue weighted by atomic mass is 10.1. The minimum absolute atomic E-state index is 0.237. The Morgan fingerprint density at radius 2 is 1.84 bits per heavy atom. The van der Waals surface area contributed by atoms with Gasteiger partial charge in [0, 0.05) is 15.7 Å². The van der Waals surface area contributed by atoms with Crippen molar-refractivity contribution >= 4 is 43.5 Å². The number of rotatable bonds is 2. The molecule has 0 aliphatic carbocycles. The molecule has 0 radical (unpaired) electrons. The first-order valence-electron chi connectivity index (χ1n) is 5.50. The van der Waals surface area contributed by atoms with E-state index in [1.807, 2.05) is 13.0 Å². The van der Waals surface area contributed by atoms with Crippen LogP contribution in [0.15, 0.2) is 45.3 Å². The highest BCUT2D eigenvalue weighted by atomic mass is 79.9. The summed E-state index contributed by atoms with van der Waals surface area (Å²) in [6, 6.07) is 9.69. The average Bonchev–Trinajstić information content (AvgIpc) is 2.37. The minimum atomic E-state index is -0.365. The number of hydrogen-bond donors (Lipinski definition) is 1. The molecule has 2 rings (SSSR count). The first-order chi connectivity index (χ1) is 8.97. The highest BCUT2D eigenvalue weighted by molar-refractivity contribution is 9.10. The number of benzene rings is 2. The Kier molecular flexibility index (Phi) is 4.37. The number of carbonyl (C=O) groups excluding carboxylic acids is 1. The summed E-state index contributed by atoms with van der Waals surface area (Å²) < 4.78 is 14.3. The highest BCUT2D eigenvalue weighted by Gasteiger charge is 2.08. The maximum Gasteiger partial charge on any atom is 0.255 e. The standard InChI is InChI=1S/C14H10Br2FNO/c1-8-2-3-9(6-11(8)15)14(19)18-10-4-5-13(17)12(16)7-10/h2-7H,1H3,(H,18,19). The molecule has 0 saturated heterocycles. The Morgan fingerprint density at radius 1 is 1.11 bits per heavy atom. The SMILES string of the molecule is Cc1ccc(C(=O)Nc2ccc(F)c(Br)c2)cc1Br. The van der Waals surface area contributed by atoms with Crippen molar-refractivity contribution in [3.8, 4) is 0 Å². The predicted octanol–water partition coefficient (Wildman–Crippen LogP) is 4.91. The first-order valence-corrected chi connectivity index (χ1v) is 7.08. The molecule has 0 aliphatic heterocycles. The first kappa shape index (κ1) is 14.2. The van der Waals surface area contributed by atoms with Crippen molar-refractivity contribution in [2.75, 3.05) is 5.32 Å². The van der Waals surface area contributed by atoms with Gasteiger partial charge < -0.3 is 5.32 Å². The summed E-state index contributed by atoms with van der Waals surface area (Å²) in [5.41, 5.74) is 2.13. The van der Waals surface area contributed by atoms with Crippen LogP contribution < -0.4 is 5.32 Å². The van der Waals surface area contributed by atoms with Crippen molar-refractivity contribution in [1.29, 1.82) is 0 Å². The number of nitrogens with one attached hydrogen (secondary N) is 1. The van der Waals surface area contributed by atoms with E-state index in [2.05, 4.69) is 37.2 Å². The van der Waals surface area contributed by atoms with E-state index in [9.17, 15) is 9.18 Å². The Balaban J connectivity index is 2.20. The second kappa shape index (κ2) is 5.84. The Morgan fingerprint density at radius 3 is 2.47 bits per heavy atom. The van der Waals surface area contributed by atoms with Crippen molar-refractivity contribution in [1.82, 2.24) is 0 Å². The fourth-order valence-corrected chi connectivity index (χ4v) is 2.27. The van der Waals surface area contributed by atoms with E-state index in [-0.39, 0.29) is 11.7 Å². The van der Waals surface area contributed by atoms with Gasteiger partial charge >= 0.3 is 0 Å². The van der Waals surface area contributed by atoms with Crippen LogP contribution in [-0.2, 0) is 0 Å². The molecular formula is C14H10Br2FNO. The molecule has 0 bridgehead atoms. The van der Waals surface area contributed by atoms with Crippen molar-refractivity contribution in [2.45, 2.75) is 6.92 Å². The maximum atomic E-state index is 13.1. The van der Waals surface area contributed by atoms with Gasteiger partial charge in [-0.3, -0.25) is 4.79 Å². The van der Waals surface area contributed by atoms with Crippen LogP contribution >= 0.6 is 31.9 Å². The van der Waals surface area contributed by atoms with Crippen LogP contribution in [0.25, 0.3) is 0 Å². The number of aryl methyl sites for hydroxylation is 1. The summed E-state index contributed by atoms with van der Waals surface area (Å²) in [5, 5.41) is 2.72. The molecule has 0 heterocycles. The van der Waals surface area contributed by atoms with Gasteiger partial charge in [0.05, 0.1) is 4.47 Å². The molecule has 0 fully saturated rings. The van der Waals surface area contributed by atoms with Crippen LogP contribution in [0.1, 0.15) is 15.9 Å². The molecule has 0 aromatic heterocycles. The van der Waals surface area contributed by atoms with Crippen LogP contribution in [-0.4, -0.2) is 5.91 Å². The van der Waals surface area contributed by atoms with Crippen LogP contribution in [0.3, 0.4) is 0 Å². The number of amides is 1. The molecule has 0 aliphatic rings. The van der Waals surface area contributed by atoms with Gasteiger partial charge in [-0.15, -0.1) is 0 Å². The molecule has 0 spiro atoms. The van der Waals surface area contributed by atoms with E-state index in [4.69, 9.17) is 0 Å². The topological polar surface area (TPSA) is 29.1 Å². The lowest BCUT2D eigenvalue weighted by Crippen LogP contribution is -2.12. The molecule has 98 valence electrons. The minimum Gasteiger partial charge on any atom is -0.322 e. The average molecular weight is 387 g/mol. The second-order valence-corrected chi connectivity index (χ2v) is 5.76. The number of hydrogen-bond acceptors (Lipinski definition) is 1. The molecule has 0 atom stereocenters. The maximum absolute atomic E-state index is 13.1. The molecule has 2 aromatic carbocycles. The molecule has 19 heavy (non-hydrogen) atoms. The zero-order valence-corrected chi connectivity index (χ0v) is 13.2. The van der Waals surface area contributed by atoms with Crippen molar-refractivity contribution < 1.29 is 9.18 Å². The smallest absolute Gasteiger partial charge is 0.255 e. The van der Waals surface area contributed by atoms with Crippen molar-refractivity contribution in [2.24, 2.45) is 0 Å². The fraction of sp³-hybridized carbons (Fsp3) is 0.0714. The molecule has 2 aromatic rings. The van der Waals surface area contributed by atoms with Gasteiger partial charge in [-0.2, -0.15) is 0 Å². The number of anilines is 1. The third-order valence-corrected chi connectivity index (χ3v) is 4.07. The predicted molar refractivity (Wildman–Crippen MR) is 80.9 cm³/mol. The van der Waals surface area contributed by atoms with Gasteiger partial charge in [-0.1, -0.05) is 22.0 Å². The second-order valence-electron chi connectivity index (χ2n) is 4.05. The van der Waals surface area contributed by atoms with Gasteiger partial charge in [0.25, 0.3) is 5.91 Å². The summed E-state index contributed by atoms with van der Waals surface area (Å²) in [4.78, 5) is 12.0. The normalized spacial score (nSPS) is 10.3. The van der Waals surface area contributed by atoms with Gasteiger partial charge in [-0.25, -0.2) is 4.39 Å². The Bertz CT molecular complexity index is 643. The third kappa shape index (κ3) is 3.42. The molecule has 1 N–H and O–H groups in total. The van der Waals surface area contributed by atoms with E-state index < -0.39 is 0 Å². The summed E-state index contributed by atoms with van der Waals surface area (Å²) >= 11 is 6.46. The van der Waals surface area contributed by atoms with Gasteiger partial charge in [0.15, 0.2) is 0 Å². The summed E-state index contributed by atoms with van der Waals surface area (Å²) in [7, 11) is 0. The molecule has 0 saturated carbocycles. The van der Waals surface area contributed by atoms with Crippen LogP contribution in [0, 0.1) is 12.7 Å². The molecule has 1 amide bonds. The van der Waals surface area contributed by atoms with Crippen molar-refractivity contribution in [3.63, 3.8) is 0 Å². The summed E-state index contributed by atoms with van der Waals surface area (Å²) in [6.45, 7) is 1.95. The Hall–Kier alpha value is -1.20. The molecule has 0 unspecified atom stereocenters. The number of carbonyl (C=O) groups is 1. The fourth-order valence-electron chi connectivity index (χ4n) is 1.51. The largest absolute Gasteiger partial charge is 0.322 e. The van der Waals surface area contributed by atoms with E-state index in [0.717, 1.165) is 10.0 Å². The van der Waals surface area contributed by atoms with Crippen LogP contribution in [0.2, 0.25) is 0 Å². The number of halogens is 3. The molecule has 5 heteroatoms. The summed E-state index contributed by atoms with van der Waals surface area (Å²) in [5.74, 6) is -0.602. The van der Waals surface area contributed by atoms with Gasteiger partial charge in [0.1, 0.15) is 5.82 Å². The van der Waals surface area contributed by atoms with Gasteiger partial charge in [0.2, 0.25) is 0 Å². The van der Waals surface area contributed by atoms with Crippen molar-refractivity contribution in [3.05, 3.63) is 62.3 Å². The van der Waals surface area contributed by atoms with E-state index >= 15 is 0 Å². The quantitative estimate of drug-likeness (QED) is 0.780. The van der Waals surface area contributed by atoms with E-state index in [0.29, 0.717) is 15.7 Å². The lowest BCUT2D eigenvalue weighted by molar-refractivity contribution is 0.102. The summed E-state index contributed by atoms with van der Waals surface area (Å²) in [6.07, 6.45) is 0. The molecular weight excluding hydrogens is 377 g/mol. The monoisotopic (exact) mass is 385 g/mol. The lowest BCUT2D eigenvalue weighted by Gasteiger charge is -2.07.